The number of ether oxygens (including phenoxy) is 2. The number of hydrogen-bond donors (Lipinski definition) is 4. The van der Waals surface area contributed by atoms with Crippen LogP contribution in [0, 0.1) is 0 Å². The summed E-state index contributed by atoms with van der Waals surface area (Å²) >= 11 is 0. The van der Waals surface area contributed by atoms with Crippen molar-refractivity contribution in [2.45, 2.75) is 37.4 Å². The van der Waals surface area contributed by atoms with Crippen LogP contribution in [0.1, 0.15) is 24.2 Å². The molecule has 0 amide bonds. The van der Waals surface area contributed by atoms with Crippen LogP contribution in [0.15, 0.2) is 42.9 Å². The monoisotopic (exact) mass is 370 g/mol. The van der Waals surface area contributed by atoms with Gasteiger partial charge in [0, 0.05) is 11.8 Å². The van der Waals surface area contributed by atoms with Gasteiger partial charge in [-0.25, -0.2) is 9.97 Å². The van der Waals surface area contributed by atoms with Crippen LogP contribution in [0.2, 0.25) is 0 Å². The molecule has 1 aliphatic heterocycles. The summed E-state index contributed by atoms with van der Waals surface area (Å²) < 4.78 is 12.1. The molecule has 8 heteroatoms. The Morgan fingerprint density at radius 2 is 2.07 bits per heavy atom. The molecule has 0 radical (unpaired) electrons. The van der Waals surface area contributed by atoms with E-state index in [0.29, 0.717) is 29.0 Å². The number of aromatic amines is 1. The number of anilines is 1. The molecule has 2 aromatic heterocycles. The predicted octanol–water partition coefficient (Wildman–Crippen LogP) is 1.31. The number of nitrogens with two attached hydrogens (primary N) is 1. The van der Waals surface area contributed by atoms with Gasteiger partial charge < -0.3 is 30.4 Å². The first kappa shape index (κ1) is 17.9. The van der Waals surface area contributed by atoms with Crippen molar-refractivity contribution < 1.29 is 19.7 Å². The average molecular weight is 370 g/mol. The molecule has 0 aliphatic carbocycles. The lowest BCUT2D eigenvalue weighted by Gasteiger charge is -2.32. The van der Waals surface area contributed by atoms with Crippen LogP contribution in [0.25, 0.3) is 11.0 Å². The first-order chi connectivity index (χ1) is 13.0. The normalized spacial score (nSPS) is 28.0. The minimum absolute atomic E-state index is 0.298. The summed E-state index contributed by atoms with van der Waals surface area (Å²) in [5.41, 5.74) is 7.70. The van der Waals surface area contributed by atoms with E-state index in [1.165, 1.54) is 6.33 Å². The Morgan fingerprint density at radius 1 is 1.30 bits per heavy atom. The number of nitrogens with one attached hydrogen (secondary N) is 1. The number of aromatic nitrogens is 3. The van der Waals surface area contributed by atoms with E-state index in [9.17, 15) is 10.2 Å². The standard InChI is InChI=1S/C19H22N4O4/c1-19(26-9-11-5-3-2-4-6-11)16(25)13(8-24)27-17(19)12-7-21-15-14(12)22-10-23-18(15)20/h2-7,10,13,16-17,21,24-25H,8-9H2,1H3,(H2,20,22,23)/t13?,16-,17+,19-/m1/s1. The number of rotatable bonds is 5. The van der Waals surface area contributed by atoms with Gasteiger partial charge in [0.25, 0.3) is 0 Å². The van der Waals surface area contributed by atoms with E-state index in [0.717, 1.165) is 5.56 Å². The second-order valence-corrected chi connectivity index (χ2v) is 6.87. The molecule has 142 valence electrons. The molecule has 4 rings (SSSR count). The van der Waals surface area contributed by atoms with Gasteiger partial charge in [-0.3, -0.25) is 0 Å². The Labute approximate surface area is 156 Å². The van der Waals surface area contributed by atoms with Crippen LogP contribution < -0.4 is 5.73 Å². The van der Waals surface area contributed by atoms with Crippen molar-refractivity contribution >= 4 is 16.9 Å². The lowest BCUT2D eigenvalue weighted by Crippen LogP contribution is -2.45. The summed E-state index contributed by atoms with van der Waals surface area (Å²) in [6.45, 7) is 1.76. The first-order valence-corrected chi connectivity index (χ1v) is 8.74. The van der Waals surface area contributed by atoms with Crippen molar-refractivity contribution in [1.82, 2.24) is 15.0 Å². The molecule has 8 nitrogen and oxygen atoms in total. The second-order valence-electron chi connectivity index (χ2n) is 6.87. The highest BCUT2D eigenvalue weighted by Crippen LogP contribution is 2.46. The molecule has 0 bridgehead atoms. The van der Waals surface area contributed by atoms with Gasteiger partial charge in [-0.2, -0.15) is 0 Å². The summed E-state index contributed by atoms with van der Waals surface area (Å²) in [4.78, 5) is 11.3. The van der Waals surface area contributed by atoms with Crippen LogP contribution in [-0.2, 0) is 16.1 Å². The molecule has 0 saturated carbocycles. The zero-order chi connectivity index (χ0) is 19.0. The second kappa shape index (κ2) is 6.90. The molecule has 27 heavy (non-hydrogen) atoms. The van der Waals surface area contributed by atoms with E-state index in [-0.39, 0.29) is 6.61 Å². The van der Waals surface area contributed by atoms with Gasteiger partial charge in [-0.1, -0.05) is 30.3 Å². The summed E-state index contributed by atoms with van der Waals surface area (Å²) in [7, 11) is 0. The third-order valence-electron chi connectivity index (χ3n) is 5.15. The first-order valence-electron chi connectivity index (χ1n) is 8.74. The molecule has 1 fully saturated rings. The van der Waals surface area contributed by atoms with Crippen LogP contribution in [0.5, 0.6) is 0 Å². The SMILES string of the molecule is C[C@@]1(OCc2ccccc2)[C@H](O)C(CO)O[C@H]1c1c[nH]c2c(N)ncnc12. The maximum absolute atomic E-state index is 10.8. The highest BCUT2D eigenvalue weighted by atomic mass is 16.6. The molecule has 3 aromatic rings. The van der Waals surface area contributed by atoms with Gasteiger partial charge in [-0.15, -0.1) is 0 Å². The fourth-order valence-electron chi connectivity index (χ4n) is 3.59. The highest BCUT2D eigenvalue weighted by Gasteiger charge is 2.55. The summed E-state index contributed by atoms with van der Waals surface area (Å²) in [5, 5.41) is 20.4. The fraction of sp³-hybridized carbons (Fsp3) is 0.368. The van der Waals surface area contributed by atoms with Gasteiger partial charge in [0.1, 0.15) is 35.8 Å². The number of hydrogen-bond acceptors (Lipinski definition) is 7. The molecule has 1 saturated heterocycles. The number of benzene rings is 1. The van der Waals surface area contributed by atoms with Crippen LogP contribution in [0.4, 0.5) is 5.82 Å². The molecule has 1 unspecified atom stereocenters. The third kappa shape index (κ3) is 2.96. The Balaban J connectivity index is 1.71. The van der Waals surface area contributed by atoms with Crippen molar-refractivity contribution in [1.29, 1.82) is 0 Å². The maximum Gasteiger partial charge on any atom is 0.151 e. The van der Waals surface area contributed by atoms with E-state index in [4.69, 9.17) is 15.2 Å². The topological polar surface area (TPSA) is 127 Å². The minimum atomic E-state index is -1.09. The quantitative estimate of drug-likeness (QED) is 0.533. The Hall–Kier alpha value is -2.52. The molecular weight excluding hydrogens is 348 g/mol. The molecule has 4 atom stereocenters. The van der Waals surface area contributed by atoms with Gasteiger partial charge >= 0.3 is 0 Å². The average Bonchev–Trinajstić information content (AvgIpc) is 3.22. The van der Waals surface area contributed by atoms with Gasteiger partial charge in [0.2, 0.25) is 0 Å². The van der Waals surface area contributed by atoms with Crippen LogP contribution >= 0.6 is 0 Å². The molecule has 1 aromatic carbocycles. The van der Waals surface area contributed by atoms with E-state index in [1.54, 1.807) is 13.1 Å². The number of aliphatic hydroxyl groups is 2. The van der Waals surface area contributed by atoms with Crippen molar-refractivity contribution in [2.75, 3.05) is 12.3 Å². The summed E-state index contributed by atoms with van der Waals surface area (Å²) in [5.74, 6) is 0.329. The van der Waals surface area contributed by atoms with Crippen molar-refractivity contribution in [3.05, 3.63) is 54.0 Å². The van der Waals surface area contributed by atoms with Gasteiger partial charge in [0.05, 0.1) is 18.7 Å². The summed E-state index contributed by atoms with van der Waals surface area (Å²) in [6, 6.07) is 9.68. The highest BCUT2D eigenvalue weighted by molar-refractivity contribution is 5.87. The van der Waals surface area contributed by atoms with E-state index in [2.05, 4.69) is 15.0 Å². The van der Waals surface area contributed by atoms with E-state index >= 15 is 0 Å². The molecular formula is C19H22N4O4. The van der Waals surface area contributed by atoms with Crippen LogP contribution in [0.3, 0.4) is 0 Å². The lowest BCUT2D eigenvalue weighted by molar-refractivity contribution is -0.125. The third-order valence-corrected chi connectivity index (χ3v) is 5.15. The Morgan fingerprint density at radius 3 is 2.81 bits per heavy atom. The lowest BCUT2D eigenvalue weighted by atomic mass is 9.89. The minimum Gasteiger partial charge on any atom is -0.394 e. The Kier molecular flexibility index (Phi) is 4.56. The number of nitrogens with zero attached hydrogens (tertiary/aromatic N) is 2. The Bertz CT molecular complexity index is 932. The van der Waals surface area contributed by atoms with Gasteiger partial charge in [0.15, 0.2) is 5.82 Å². The smallest absolute Gasteiger partial charge is 0.151 e. The fourth-order valence-corrected chi connectivity index (χ4v) is 3.59. The zero-order valence-corrected chi connectivity index (χ0v) is 14.9. The van der Waals surface area contributed by atoms with Gasteiger partial charge in [-0.05, 0) is 12.5 Å². The molecule has 1 aliphatic rings. The molecule has 3 heterocycles. The number of nitrogen functional groups attached to an aromatic ring is 1. The van der Waals surface area contributed by atoms with Crippen molar-refractivity contribution in [3.63, 3.8) is 0 Å². The molecule has 5 N–H and O–H groups in total. The summed E-state index contributed by atoms with van der Waals surface area (Å²) in [6.07, 6.45) is 0.694. The van der Waals surface area contributed by atoms with Crippen molar-refractivity contribution in [2.24, 2.45) is 0 Å². The predicted molar refractivity (Wildman–Crippen MR) is 98.6 cm³/mol. The number of aliphatic hydroxyl groups excluding tert-OH is 2. The zero-order valence-electron chi connectivity index (χ0n) is 14.9. The largest absolute Gasteiger partial charge is 0.394 e. The van der Waals surface area contributed by atoms with Crippen molar-refractivity contribution in [3.8, 4) is 0 Å². The molecule has 0 spiro atoms. The maximum atomic E-state index is 10.8. The number of H-pyrrole nitrogens is 1. The van der Waals surface area contributed by atoms with E-state index < -0.39 is 23.9 Å². The number of fused-ring (bicyclic) bond motifs is 1. The van der Waals surface area contributed by atoms with E-state index in [1.807, 2.05) is 30.3 Å². The van der Waals surface area contributed by atoms with Crippen LogP contribution in [-0.4, -0.2) is 49.6 Å².